The van der Waals surface area contributed by atoms with Crippen LogP contribution in [0.25, 0.3) is 0 Å². The molecule has 38 heavy (non-hydrogen) atoms. The first-order chi connectivity index (χ1) is 17.6. The molecule has 1 rings (SSSR count). The van der Waals surface area contributed by atoms with E-state index < -0.39 is 53.7 Å². The first-order valence-electron chi connectivity index (χ1n) is 13.0. The van der Waals surface area contributed by atoms with Gasteiger partial charge in [0.25, 0.3) is 0 Å². The quantitative estimate of drug-likeness (QED) is 0.169. The standard InChI is InChI=1S/C26H44N4O8/c1-8-37-20(32)10-9-18(14-17-11-12-27-22(17)33)28-23(34)19(13-15(2)3)29-24(35)21(16(4)31)30-25(36)38-26(5,6)7/h9-10,15-19,21,31H,8,11-14H2,1-7H3,(H,27,33)(H,28,34)(H,29,35)(H,30,36). The molecule has 0 aromatic heterocycles. The van der Waals surface area contributed by atoms with Crippen molar-refractivity contribution in [1.29, 1.82) is 0 Å². The van der Waals surface area contributed by atoms with Crippen molar-refractivity contribution in [3.8, 4) is 0 Å². The van der Waals surface area contributed by atoms with Crippen molar-refractivity contribution in [2.24, 2.45) is 11.8 Å². The molecular weight excluding hydrogens is 496 g/mol. The summed E-state index contributed by atoms with van der Waals surface area (Å²) >= 11 is 0. The molecule has 1 aliphatic rings. The van der Waals surface area contributed by atoms with Gasteiger partial charge in [-0.3, -0.25) is 14.4 Å². The lowest BCUT2D eigenvalue weighted by Gasteiger charge is -2.28. The summed E-state index contributed by atoms with van der Waals surface area (Å²) in [5.41, 5.74) is -0.813. The van der Waals surface area contributed by atoms with Crippen LogP contribution in [-0.2, 0) is 28.7 Å². The Balaban J connectivity index is 3.04. The third-order valence-corrected chi connectivity index (χ3v) is 5.56. The molecule has 5 atom stereocenters. The van der Waals surface area contributed by atoms with Gasteiger partial charge in [-0.05, 0) is 59.8 Å². The zero-order valence-electron chi connectivity index (χ0n) is 23.5. The van der Waals surface area contributed by atoms with Crippen molar-refractivity contribution in [3.63, 3.8) is 0 Å². The number of aliphatic hydroxyl groups is 1. The third-order valence-electron chi connectivity index (χ3n) is 5.56. The van der Waals surface area contributed by atoms with E-state index in [9.17, 15) is 29.1 Å². The summed E-state index contributed by atoms with van der Waals surface area (Å²) in [5, 5.41) is 20.7. The molecule has 4 amide bonds. The zero-order valence-corrected chi connectivity index (χ0v) is 23.5. The van der Waals surface area contributed by atoms with Gasteiger partial charge in [-0.15, -0.1) is 0 Å². The van der Waals surface area contributed by atoms with E-state index >= 15 is 0 Å². The normalized spacial score (nSPS) is 18.8. The van der Waals surface area contributed by atoms with Crippen LogP contribution in [0.5, 0.6) is 0 Å². The van der Waals surface area contributed by atoms with Crippen LogP contribution in [0.4, 0.5) is 4.79 Å². The summed E-state index contributed by atoms with van der Waals surface area (Å²) in [6.45, 7) is 12.5. The van der Waals surface area contributed by atoms with Gasteiger partial charge < -0.3 is 35.8 Å². The molecule has 0 aromatic rings. The van der Waals surface area contributed by atoms with Crippen molar-refractivity contribution in [2.75, 3.05) is 13.2 Å². The minimum absolute atomic E-state index is 0.00370. The van der Waals surface area contributed by atoms with E-state index in [4.69, 9.17) is 9.47 Å². The largest absolute Gasteiger partial charge is 0.463 e. The predicted octanol–water partition coefficient (Wildman–Crippen LogP) is 0.922. The summed E-state index contributed by atoms with van der Waals surface area (Å²) < 4.78 is 10.1. The first kappa shape index (κ1) is 32.9. The lowest BCUT2D eigenvalue weighted by molar-refractivity contribution is -0.137. The molecule has 0 aliphatic carbocycles. The topological polar surface area (TPSA) is 172 Å². The molecule has 1 heterocycles. The molecule has 0 radical (unpaired) electrons. The Hall–Kier alpha value is -3.15. The molecule has 0 bridgehead atoms. The molecule has 12 nitrogen and oxygen atoms in total. The maximum absolute atomic E-state index is 13.3. The van der Waals surface area contributed by atoms with Crippen LogP contribution in [0, 0.1) is 11.8 Å². The molecule has 5 unspecified atom stereocenters. The van der Waals surface area contributed by atoms with Crippen LogP contribution in [0.1, 0.15) is 67.7 Å². The summed E-state index contributed by atoms with van der Waals surface area (Å²) in [5.74, 6) is -2.35. The first-order valence-corrected chi connectivity index (χ1v) is 13.0. The second-order valence-corrected chi connectivity index (χ2v) is 10.8. The van der Waals surface area contributed by atoms with Crippen molar-refractivity contribution < 1.29 is 38.6 Å². The molecule has 0 spiro atoms. The van der Waals surface area contributed by atoms with Crippen LogP contribution in [0.2, 0.25) is 0 Å². The van der Waals surface area contributed by atoms with E-state index in [1.807, 2.05) is 13.8 Å². The van der Waals surface area contributed by atoms with Crippen molar-refractivity contribution >= 4 is 29.8 Å². The van der Waals surface area contributed by atoms with Gasteiger partial charge in [-0.1, -0.05) is 19.9 Å². The van der Waals surface area contributed by atoms with Crippen LogP contribution in [0.3, 0.4) is 0 Å². The van der Waals surface area contributed by atoms with Gasteiger partial charge in [0, 0.05) is 24.6 Å². The van der Waals surface area contributed by atoms with Crippen LogP contribution >= 0.6 is 0 Å². The van der Waals surface area contributed by atoms with Gasteiger partial charge in [0.2, 0.25) is 17.7 Å². The highest BCUT2D eigenvalue weighted by Gasteiger charge is 2.33. The third kappa shape index (κ3) is 12.4. The summed E-state index contributed by atoms with van der Waals surface area (Å²) in [4.78, 5) is 62.5. The van der Waals surface area contributed by atoms with E-state index in [0.29, 0.717) is 13.0 Å². The van der Waals surface area contributed by atoms with E-state index in [1.54, 1.807) is 27.7 Å². The maximum Gasteiger partial charge on any atom is 0.408 e. The molecule has 1 saturated heterocycles. The number of amides is 4. The number of hydrogen-bond acceptors (Lipinski definition) is 8. The van der Waals surface area contributed by atoms with Crippen LogP contribution < -0.4 is 21.3 Å². The van der Waals surface area contributed by atoms with E-state index in [2.05, 4.69) is 21.3 Å². The smallest absolute Gasteiger partial charge is 0.408 e. The van der Waals surface area contributed by atoms with Gasteiger partial charge >= 0.3 is 12.1 Å². The number of carbonyl (C=O) groups is 5. The highest BCUT2D eigenvalue weighted by molar-refractivity contribution is 5.92. The molecule has 1 fully saturated rings. The number of hydrogen-bond donors (Lipinski definition) is 5. The Kier molecular flexibility index (Phi) is 13.2. The number of rotatable bonds is 13. The molecule has 0 saturated carbocycles. The van der Waals surface area contributed by atoms with Gasteiger partial charge in [0.1, 0.15) is 17.7 Å². The molecule has 5 N–H and O–H groups in total. The van der Waals surface area contributed by atoms with Gasteiger partial charge in [0.15, 0.2) is 0 Å². The Labute approximate surface area is 224 Å². The molecular formula is C26H44N4O8. The molecule has 12 heteroatoms. The van der Waals surface area contributed by atoms with Crippen molar-refractivity contribution in [3.05, 3.63) is 12.2 Å². The minimum atomic E-state index is -1.37. The lowest BCUT2D eigenvalue weighted by atomic mass is 9.96. The fraction of sp³-hybridized carbons (Fsp3) is 0.731. The van der Waals surface area contributed by atoms with E-state index in [1.165, 1.54) is 19.1 Å². The van der Waals surface area contributed by atoms with Gasteiger partial charge in [0.05, 0.1) is 12.7 Å². The maximum atomic E-state index is 13.3. The van der Waals surface area contributed by atoms with Gasteiger partial charge in [-0.25, -0.2) is 9.59 Å². The number of esters is 1. The summed E-state index contributed by atoms with van der Waals surface area (Å²) in [7, 11) is 0. The van der Waals surface area contributed by atoms with Crippen molar-refractivity contribution in [2.45, 2.75) is 97.6 Å². The number of aliphatic hydroxyl groups excluding tert-OH is 1. The monoisotopic (exact) mass is 540 g/mol. The Morgan fingerprint density at radius 1 is 1.11 bits per heavy atom. The Morgan fingerprint density at radius 3 is 2.26 bits per heavy atom. The summed E-state index contributed by atoms with van der Waals surface area (Å²) in [6, 6.07) is -3.06. The number of ether oxygens (including phenoxy) is 2. The minimum Gasteiger partial charge on any atom is -0.463 e. The zero-order chi connectivity index (χ0) is 29.0. The Morgan fingerprint density at radius 2 is 1.76 bits per heavy atom. The van der Waals surface area contributed by atoms with E-state index in [0.717, 1.165) is 0 Å². The number of carbonyl (C=O) groups excluding carboxylic acids is 5. The van der Waals surface area contributed by atoms with Crippen LogP contribution in [-0.4, -0.2) is 77.9 Å². The Bertz CT molecular complexity index is 866. The van der Waals surface area contributed by atoms with E-state index in [-0.39, 0.29) is 37.2 Å². The SMILES string of the molecule is CCOC(=O)C=CC(CC1CCNC1=O)NC(=O)C(CC(C)C)NC(=O)C(NC(=O)OC(C)(C)C)C(C)O. The molecule has 0 aromatic carbocycles. The average Bonchev–Trinajstić information content (AvgIpc) is 3.17. The lowest BCUT2D eigenvalue weighted by Crippen LogP contribution is -2.58. The number of alkyl carbamates (subject to hydrolysis) is 1. The highest BCUT2D eigenvalue weighted by Crippen LogP contribution is 2.17. The van der Waals surface area contributed by atoms with Crippen molar-refractivity contribution in [1.82, 2.24) is 21.3 Å². The average molecular weight is 541 g/mol. The second-order valence-electron chi connectivity index (χ2n) is 10.8. The number of nitrogens with one attached hydrogen (secondary N) is 4. The fourth-order valence-corrected chi connectivity index (χ4v) is 3.83. The van der Waals surface area contributed by atoms with Crippen LogP contribution in [0.15, 0.2) is 12.2 Å². The fourth-order valence-electron chi connectivity index (χ4n) is 3.83. The second kappa shape index (κ2) is 15.3. The highest BCUT2D eigenvalue weighted by atomic mass is 16.6. The summed E-state index contributed by atoms with van der Waals surface area (Å²) in [6.07, 6.45) is 1.62. The van der Waals surface area contributed by atoms with Gasteiger partial charge in [-0.2, -0.15) is 0 Å². The predicted molar refractivity (Wildman–Crippen MR) is 140 cm³/mol. The molecule has 216 valence electrons. The molecule has 1 aliphatic heterocycles.